The number of likely N-dealkylation sites (tertiary alicyclic amines) is 1. The standard InChI is InChI=1S/C11H10N2O4S/c1-4-8(11(16)17)18-7(12-4)3-13-9(14)5-2-6(5)10(13)15/h5-6H,2-3H2,1H3,(H,16,17). The van der Waals surface area contributed by atoms with Crippen LogP contribution in [0, 0.1) is 18.8 Å². The van der Waals surface area contributed by atoms with Crippen molar-refractivity contribution in [3.63, 3.8) is 0 Å². The molecule has 2 unspecified atom stereocenters. The van der Waals surface area contributed by atoms with Crippen LogP contribution < -0.4 is 0 Å². The maximum atomic E-state index is 11.8. The summed E-state index contributed by atoms with van der Waals surface area (Å²) in [5, 5.41) is 9.41. The van der Waals surface area contributed by atoms with Gasteiger partial charge in [-0.1, -0.05) is 0 Å². The lowest BCUT2D eigenvalue weighted by Gasteiger charge is -2.14. The quantitative estimate of drug-likeness (QED) is 0.812. The fourth-order valence-corrected chi connectivity index (χ4v) is 3.15. The first-order valence-electron chi connectivity index (χ1n) is 5.54. The molecule has 1 aromatic heterocycles. The molecule has 1 aliphatic carbocycles. The molecule has 2 heterocycles. The Hall–Kier alpha value is -1.76. The van der Waals surface area contributed by atoms with Gasteiger partial charge in [-0.05, 0) is 13.3 Å². The van der Waals surface area contributed by atoms with Crippen LogP contribution in [-0.4, -0.2) is 32.8 Å². The van der Waals surface area contributed by atoms with Gasteiger partial charge in [0.15, 0.2) is 0 Å². The normalized spacial score (nSPS) is 25.5. The van der Waals surface area contributed by atoms with Gasteiger partial charge in [-0.2, -0.15) is 0 Å². The molecule has 2 atom stereocenters. The summed E-state index contributed by atoms with van der Waals surface area (Å²) < 4.78 is 0. The molecule has 2 amide bonds. The highest BCUT2D eigenvalue weighted by atomic mass is 32.1. The molecule has 0 bridgehead atoms. The number of carbonyl (C=O) groups is 3. The Morgan fingerprint density at radius 1 is 1.44 bits per heavy atom. The first-order valence-corrected chi connectivity index (χ1v) is 6.35. The average Bonchev–Trinajstić information content (AvgIpc) is 2.96. The second kappa shape index (κ2) is 3.61. The van der Waals surface area contributed by atoms with Crippen LogP contribution in [0.2, 0.25) is 0 Å². The molecule has 3 rings (SSSR count). The first kappa shape index (κ1) is 11.3. The molecule has 1 N–H and O–H groups in total. The number of piperidine rings is 1. The van der Waals surface area contributed by atoms with Crippen molar-refractivity contribution in [1.29, 1.82) is 0 Å². The number of hydrogen-bond donors (Lipinski definition) is 1. The SMILES string of the molecule is Cc1nc(CN2C(=O)C3CC3C2=O)sc1C(=O)O. The van der Waals surface area contributed by atoms with Gasteiger partial charge in [-0.3, -0.25) is 14.5 Å². The first-order chi connectivity index (χ1) is 8.49. The zero-order chi connectivity index (χ0) is 13.0. The third-order valence-electron chi connectivity index (χ3n) is 3.29. The van der Waals surface area contributed by atoms with Crippen LogP contribution >= 0.6 is 11.3 Å². The Morgan fingerprint density at radius 2 is 2.06 bits per heavy atom. The van der Waals surface area contributed by atoms with Gasteiger partial charge >= 0.3 is 5.97 Å². The summed E-state index contributed by atoms with van der Waals surface area (Å²) in [4.78, 5) is 39.8. The van der Waals surface area contributed by atoms with Gasteiger partial charge in [-0.25, -0.2) is 9.78 Å². The second-order valence-electron chi connectivity index (χ2n) is 4.54. The molecule has 1 aliphatic heterocycles. The number of carboxylic acids is 1. The predicted molar refractivity (Wildman–Crippen MR) is 61.0 cm³/mol. The van der Waals surface area contributed by atoms with E-state index in [1.54, 1.807) is 6.92 Å². The zero-order valence-corrected chi connectivity index (χ0v) is 10.4. The molecule has 6 nitrogen and oxygen atoms in total. The van der Waals surface area contributed by atoms with Gasteiger partial charge in [0.05, 0.1) is 24.1 Å². The molecule has 18 heavy (non-hydrogen) atoms. The van der Waals surface area contributed by atoms with Crippen molar-refractivity contribution in [2.45, 2.75) is 19.9 Å². The lowest BCUT2D eigenvalue weighted by atomic mass is 10.4. The molecule has 1 aromatic rings. The summed E-state index contributed by atoms with van der Waals surface area (Å²) in [6.45, 7) is 1.71. The monoisotopic (exact) mass is 266 g/mol. The Balaban J connectivity index is 1.81. The van der Waals surface area contributed by atoms with E-state index in [2.05, 4.69) is 4.98 Å². The van der Waals surface area contributed by atoms with Crippen LogP contribution in [0.25, 0.3) is 0 Å². The second-order valence-corrected chi connectivity index (χ2v) is 5.62. The summed E-state index contributed by atoms with van der Waals surface area (Å²) in [5.41, 5.74) is 0.423. The number of fused-ring (bicyclic) bond motifs is 1. The number of aromatic nitrogens is 1. The maximum absolute atomic E-state index is 11.8. The minimum atomic E-state index is -1.03. The number of nitrogens with zero attached hydrogens (tertiary/aromatic N) is 2. The summed E-state index contributed by atoms with van der Waals surface area (Å²) >= 11 is 1.02. The maximum Gasteiger partial charge on any atom is 0.347 e. The van der Waals surface area contributed by atoms with E-state index >= 15 is 0 Å². The van der Waals surface area contributed by atoms with E-state index in [1.807, 2.05) is 0 Å². The smallest absolute Gasteiger partial charge is 0.347 e. The Bertz CT molecular complexity index is 560. The van der Waals surface area contributed by atoms with Crippen LogP contribution in [0.4, 0.5) is 0 Å². The Kier molecular flexibility index (Phi) is 2.28. The van der Waals surface area contributed by atoms with Crippen LogP contribution in [0.15, 0.2) is 0 Å². The topological polar surface area (TPSA) is 87.6 Å². The molecule has 94 valence electrons. The lowest BCUT2D eigenvalue weighted by Crippen LogP contribution is -2.32. The van der Waals surface area contributed by atoms with Crippen molar-refractivity contribution in [3.8, 4) is 0 Å². The fraction of sp³-hybridized carbons (Fsp3) is 0.455. The Morgan fingerprint density at radius 3 is 2.56 bits per heavy atom. The van der Waals surface area contributed by atoms with E-state index in [-0.39, 0.29) is 35.1 Å². The molecule has 0 spiro atoms. The van der Waals surface area contributed by atoms with E-state index < -0.39 is 5.97 Å². The number of carboxylic acid groups (broad SMARTS) is 1. The number of imide groups is 1. The summed E-state index contributed by atoms with van der Waals surface area (Å²) in [7, 11) is 0. The highest BCUT2D eigenvalue weighted by Gasteiger charge is 2.58. The molecular formula is C11H10N2O4S. The van der Waals surface area contributed by atoms with E-state index in [0.29, 0.717) is 17.1 Å². The number of amides is 2. The van der Waals surface area contributed by atoms with Crippen LogP contribution in [0.5, 0.6) is 0 Å². The van der Waals surface area contributed by atoms with Crippen molar-refractivity contribution in [3.05, 3.63) is 15.6 Å². The third kappa shape index (κ3) is 1.54. The zero-order valence-electron chi connectivity index (χ0n) is 9.54. The number of rotatable bonds is 3. The number of aromatic carboxylic acids is 1. The molecular weight excluding hydrogens is 256 g/mol. The Labute approximate surface area is 106 Å². The number of hydrogen-bond acceptors (Lipinski definition) is 5. The van der Waals surface area contributed by atoms with Gasteiger partial charge in [-0.15, -0.1) is 11.3 Å². The highest BCUT2D eigenvalue weighted by molar-refractivity contribution is 7.13. The fourth-order valence-electron chi connectivity index (χ4n) is 2.26. The minimum absolute atomic E-state index is 0.101. The van der Waals surface area contributed by atoms with Gasteiger partial charge in [0.25, 0.3) is 0 Å². The summed E-state index contributed by atoms with van der Waals surface area (Å²) in [6, 6.07) is 0. The molecule has 7 heteroatoms. The van der Waals surface area contributed by atoms with E-state index in [9.17, 15) is 14.4 Å². The van der Waals surface area contributed by atoms with Crippen LogP contribution in [0.1, 0.15) is 26.8 Å². The van der Waals surface area contributed by atoms with Gasteiger partial charge in [0.1, 0.15) is 9.88 Å². The van der Waals surface area contributed by atoms with Crippen LogP contribution in [0.3, 0.4) is 0 Å². The van der Waals surface area contributed by atoms with Crippen molar-refractivity contribution >= 4 is 29.1 Å². The molecule has 1 saturated carbocycles. The van der Waals surface area contributed by atoms with Gasteiger partial charge in [0, 0.05) is 0 Å². The van der Waals surface area contributed by atoms with Gasteiger partial charge < -0.3 is 5.11 Å². The van der Waals surface area contributed by atoms with E-state index in [0.717, 1.165) is 11.3 Å². The van der Waals surface area contributed by atoms with E-state index in [4.69, 9.17) is 5.11 Å². The highest BCUT2D eigenvalue weighted by Crippen LogP contribution is 2.47. The van der Waals surface area contributed by atoms with Crippen molar-refractivity contribution < 1.29 is 19.5 Å². The molecule has 1 saturated heterocycles. The minimum Gasteiger partial charge on any atom is -0.477 e. The molecule has 0 aromatic carbocycles. The van der Waals surface area contributed by atoms with E-state index in [1.165, 1.54) is 4.90 Å². The molecule has 2 fully saturated rings. The van der Waals surface area contributed by atoms with Crippen LogP contribution in [-0.2, 0) is 16.1 Å². The number of aryl methyl sites for hydroxylation is 1. The largest absolute Gasteiger partial charge is 0.477 e. The third-order valence-corrected chi connectivity index (χ3v) is 4.42. The predicted octanol–water partition coefficient (Wildman–Crippen LogP) is 0.655. The van der Waals surface area contributed by atoms with Crippen molar-refractivity contribution in [2.24, 2.45) is 11.8 Å². The molecule has 0 radical (unpaired) electrons. The molecule has 2 aliphatic rings. The van der Waals surface area contributed by atoms with Crippen molar-refractivity contribution in [1.82, 2.24) is 9.88 Å². The number of carbonyl (C=O) groups excluding carboxylic acids is 2. The summed E-state index contributed by atoms with van der Waals surface area (Å²) in [6.07, 6.45) is 0.672. The lowest BCUT2D eigenvalue weighted by molar-refractivity contribution is -0.142. The van der Waals surface area contributed by atoms with Gasteiger partial charge in [0.2, 0.25) is 11.8 Å². The summed E-state index contributed by atoms with van der Waals surface area (Å²) in [5.74, 6) is -1.57. The number of thiazole rings is 1. The average molecular weight is 266 g/mol. The van der Waals surface area contributed by atoms with Crippen molar-refractivity contribution in [2.75, 3.05) is 0 Å².